The van der Waals surface area contributed by atoms with E-state index < -0.39 is 0 Å². The van der Waals surface area contributed by atoms with Crippen molar-refractivity contribution in [1.29, 1.82) is 0 Å². The SMILES string of the molecule is [2H]c1cc2c3cc(C(C)(C)C)cc([2H])c3n(-c3cc(-n4c5c([2H])cc(C(C)(C)C)cc5c5cc([2H])c([2H])c([2H])c54)cc(-n4c5c([2H])cc(C(C)(C)C)cc5c5cc([2H])c([2H])c([2H])c54)c3)c2c([2H])c1[2H]. The molecule has 10 rings (SSSR count). The number of rotatable bonds is 3. The number of para-hydroxylation sites is 3. The molecule has 0 saturated carbocycles. The quantitative estimate of drug-likeness (QED) is 0.171. The number of nitrogens with zero attached hydrogens (tertiary/aromatic N) is 3. The summed E-state index contributed by atoms with van der Waals surface area (Å²) in [5.74, 6) is 0. The van der Waals surface area contributed by atoms with E-state index in [9.17, 15) is 8.22 Å². The lowest BCUT2D eigenvalue weighted by Crippen LogP contribution is -2.10. The van der Waals surface area contributed by atoms with Gasteiger partial charge in [-0.05, 0) is 106 Å². The van der Waals surface area contributed by atoms with Gasteiger partial charge in [0.1, 0.15) is 0 Å². The van der Waals surface area contributed by atoms with Gasteiger partial charge in [0.25, 0.3) is 0 Å². The Morgan fingerprint density at radius 2 is 0.579 bits per heavy atom. The molecule has 10 aromatic rings. The molecule has 3 heterocycles. The Balaban J connectivity index is 1.47. The van der Waals surface area contributed by atoms with E-state index in [2.05, 4.69) is 0 Å². The van der Waals surface area contributed by atoms with Crippen molar-refractivity contribution in [2.45, 2.75) is 78.6 Å². The zero-order chi connectivity index (χ0) is 50.0. The lowest BCUT2D eigenvalue weighted by molar-refractivity contribution is 0.591. The standard InChI is InChI=1S/C54H51N3/c1-52(2,3)34-22-25-49-43(28-34)40-16-10-13-19-46(40)55(49)37-31-38(56-47-20-14-11-17-41(47)44-29-35(53(4,5)6)23-26-50(44)56)33-39(32-37)57-48-21-15-12-18-42(48)45-30-36(54(7,8)9)24-27-51(45)57/h10-33H,1-9H3/i10D,11D,12D,13D,14D,15D,19D,20D,21D,25D,26D,27D. The average Bonchev–Trinajstić information content (AvgIpc) is 3.89. The molecule has 0 saturated heterocycles. The summed E-state index contributed by atoms with van der Waals surface area (Å²) >= 11 is 0. The Bertz CT molecular complexity index is 3510. The van der Waals surface area contributed by atoms with Gasteiger partial charge in [-0.15, -0.1) is 0 Å². The Kier molecular flexibility index (Phi) is 5.26. The summed E-state index contributed by atoms with van der Waals surface area (Å²) in [5, 5.41) is 3.28. The summed E-state index contributed by atoms with van der Waals surface area (Å²) < 4.78 is 116. The van der Waals surface area contributed by atoms with Crippen molar-refractivity contribution in [2.75, 3.05) is 0 Å². The van der Waals surface area contributed by atoms with Crippen LogP contribution in [0.2, 0.25) is 0 Å². The fraction of sp³-hybridized carbons (Fsp3) is 0.222. The van der Waals surface area contributed by atoms with Gasteiger partial charge >= 0.3 is 0 Å². The third-order valence-corrected chi connectivity index (χ3v) is 11.4. The van der Waals surface area contributed by atoms with E-state index in [1.54, 1.807) is 68.3 Å². The molecular formula is C54H51N3. The Hall–Kier alpha value is -6.06. The topological polar surface area (TPSA) is 14.8 Å². The maximum Gasteiger partial charge on any atom is 0.0645 e. The highest BCUT2D eigenvalue weighted by Gasteiger charge is 2.23. The Morgan fingerprint density at radius 1 is 0.316 bits per heavy atom. The van der Waals surface area contributed by atoms with E-state index in [0.717, 1.165) is 16.7 Å². The minimum atomic E-state index is -0.379. The summed E-state index contributed by atoms with van der Waals surface area (Å²) in [5.41, 5.74) is 4.57. The maximum atomic E-state index is 9.68. The first kappa shape index (κ1) is 24.5. The average molecular weight is 754 g/mol. The lowest BCUT2D eigenvalue weighted by atomic mass is 9.86. The van der Waals surface area contributed by atoms with Crippen LogP contribution in [0.1, 0.15) is 95.5 Å². The van der Waals surface area contributed by atoms with Crippen molar-refractivity contribution >= 4 is 65.4 Å². The molecule has 7 aromatic carbocycles. The van der Waals surface area contributed by atoms with Crippen molar-refractivity contribution < 1.29 is 16.4 Å². The molecule has 3 aromatic heterocycles. The largest absolute Gasteiger partial charge is 0.309 e. The summed E-state index contributed by atoms with van der Waals surface area (Å²) in [6.07, 6.45) is 0. The Morgan fingerprint density at radius 3 is 0.842 bits per heavy atom. The molecule has 0 unspecified atom stereocenters. The van der Waals surface area contributed by atoms with Crippen LogP contribution in [-0.2, 0) is 16.2 Å². The van der Waals surface area contributed by atoms with Gasteiger partial charge in [-0.3, -0.25) is 0 Å². The molecule has 3 nitrogen and oxygen atoms in total. The second-order valence-electron chi connectivity index (χ2n) is 18.3. The highest BCUT2D eigenvalue weighted by molar-refractivity contribution is 6.12. The molecule has 0 aliphatic heterocycles. The smallest absolute Gasteiger partial charge is 0.0645 e. The van der Waals surface area contributed by atoms with Crippen LogP contribution in [0.15, 0.2) is 145 Å². The summed E-state index contributed by atoms with van der Waals surface area (Å²) in [7, 11) is 0. The Labute approximate surface area is 352 Å². The van der Waals surface area contributed by atoms with Crippen LogP contribution in [0.25, 0.3) is 82.5 Å². The zero-order valence-electron chi connectivity index (χ0n) is 45.8. The zero-order valence-corrected chi connectivity index (χ0v) is 33.8. The molecule has 57 heavy (non-hydrogen) atoms. The van der Waals surface area contributed by atoms with Crippen molar-refractivity contribution in [3.63, 3.8) is 0 Å². The van der Waals surface area contributed by atoms with Gasteiger partial charge in [-0.1, -0.05) is 135 Å². The molecule has 0 spiro atoms. The van der Waals surface area contributed by atoms with Gasteiger partial charge in [0.05, 0.1) is 66.6 Å². The summed E-state index contributed by atoms with van der Waals surface area (Å²) in [6, 6.07) is 19.7. The second kappa shape index (κ2) is 12.2. The van der Waals surface area contributed by atoms with Crippen LogP contribution in [0.3, 0.4) is 0 Å². The monoisotopic (exact) mass is 753 g/mol. The predicted molar refractivity (Wildman–Crippen MR) is 246 cm³/mol. The lowest BCUT2D eigenvalue weighted by Gasteiger charge is -2.20. The summed E-state index contributed by atoms with van der Waals surface area (Å²) in [6.45, 7) is 18.4. The van der Waals surface area contributed by atoms with Gasteiger partial charge in [0.15, 0.2) is 0 Å². The van der Waals surface area contributed by atoms with Crippen LogP contribution in [-0.4, -0.2) is 13.7 Å². The van der Waals surface area contributed by atoms with Gasteiger partial charge in [0.2, 0.25) is 0 Å². The summed E-state index contributed by atoms with van der Waals surface area (Å²) in [4.78, 5) is 0. The van der Waals surface area contributed by atoms with E-state index >= 15 is 0 Å². The normalized spacial score (nSPS) is 15.9. The number of aromatic nitrogens is 3. The second-order valence-corrected chi connectivity index (χ2v) is 18.3. The van der Waals surface area contributed by atoms with Crippen molar-refractivity contribution in [1.82, 2.24) is 13.7 Å². The van der Waals surface area contributed by atoms with Crippen LogP contribution in [0, 0.1) is 0 Å². The predicted octanol–water partition coefficient (Wildman–Crippen LogP) is 14.9. The third-order valence-electron chi connectivity index (χ3n) is 11.4. The molecule has 0 fully saturated rings. The fourth-order valence-electron chi connectivity index (χ4n) is 8.18. The highest BCUT2D eigenvalue weighted by Crippen LogP contribution is 2.41. The number of fused-ring (bicyclic) bond motifs is 9. The van der Waals surface area contributed by atoms with Gasteiger partial charge < -0.3 is 13.7 Å². The molecule has 0 amide bonds. The number of hydrogen-bond acceptors (Lipinski definition) is 0. The molecular weight excluding hydrogens is 691 g/mol. The van der Waals surface area contributed by atoms with Crippen LogP contribution in [0.4, 0.5) is 0 Å². The van der Waals surface area contributed by atoms with Crippen LogP contribution >= 0.6 is 0 Å². The van der Waals surface area contributed by atoms with E-state index in [1.807, 2.05) is 80.5 Å². The molecule has 0 atom stereocenters. The van der Waals surface area contributed by atoms with Gasteiger partial charge in [0, 0.05) is 32.3 Å². The molecule has 3 heteroatoms. The van der Waals surface area contributed by atoms with Crippen LogP contribution in [0.5, 0.6) is 0 Å². The van der Waals surface area contributed by atoms with Gasteiger partial charge in [-0.2, -0.15) is 0 Å². The van der Waals surface area contributed by atoms with Crippen molar-refractivity contribution in [3.8, 4) is 17.1 Å². The third kappa shape index (κ3) is 5.54. The molecule has 0 N–H and O–H groups in total. The molecule has 0 aliphatic carbocycles. The molecule has 282 valence electrons. The molecule has 0 bridgehead atoms. The first-order chi connectivity index (χ1) is 32.1. The highest BCUT2D eigenvalue weighted by atomic mass is 15.0. The van der Waals surface area contributed by atoms with E-state index in [-0.39, 0.29) is 105 Å². The van der Waals surface area contributed by atoms with E-state index in [4.69, 9.17) is 8.22 Å². The van der Waals surface area contributed by atoms with Crippen LogP contribution < -0.4 is 0 Å². The minimum Gasteiger partial charge on any atom is -0.309 e. The molecule has 0 radical (unpaired) electrons. The first-order valence-corrected chi connectivity index (χ1v) is 19.4. The minimum absolute atomic E-state index is 0.128. The number of benzene rings is 7. The van der Waals surface area contributed by atoms with Crippen molar-refractivity contribution in [2.24, 2.45) is 0 Å². The fourth-order valence-corrected chi connectivity index (χ4v) is 8.18. The first-order valence-electron chi connectivity index (χ1n) is 25.4. The van der Waals surface area contributed by atoms with Gasteiger partial charge in [-0.25, -0.2) is 0 Å². The molecule has 0 aliphatic rings. The van der Waals surface area contributed by atoms with E-state index in [1.165, 1.54) is 0 Å². The van der Waals surface area contributed by atoms with E-state index in [0.29, 0.717) is 65.9 Å². The maximum absolute atomic E-state index is 9.68. The van der Waals surface area contributed by atoms with Crippen molar-refractivity contribution in [3.05, 3.63) is 162 Å². The number of hydrogen-bond donors (Lipinski definition) is 0.